The Morgan fingerprint density at radius 3 is 2.67 bits per heavy atom. The van der Waals surface area contributed by atoms with Crippen molar-refractivity contribution in [3.63, 3.8) is 0 Å². The number of nitrogens with one attached hydrogen (secondary N) is 1. The molecule has 0 radical (unpaired) electrons. The van der Waals surface area contributed by atoms with Crippen LogP contribution in [0.3, 0.4) is 0 Å². The Morgan fingerprint density at radius 1 is 1.43 bits per heavy atom. The van der Waals surface area contributed by atoms with E-state index in [9.17, 15) is 13.4 Å². The summed E-state index contributed by atoms with van der Waals surface area (Å²) in [7, 11) is -1.40. The van der Waals surface area contributed by atoms with E-state index in [-0.39, 0.29) is 16.7 Å². The summed E-state index contributed by atoms with van der Waals surface area (Å²) in [6.45, 7) is 4.00. The maximum Gasteiger partial charge on any atom is 0.275 e. The molecule has 2 aromatic rings. The van der Waals surface area contributed by atoms with Gasteiger partial charge in [0.2, 0.25) is 0 Å². The number of benzene rings is 1. The number of halogens is 1. The molecule has 0 spiro atoms. The normalized spacial score (nSPS) is 12.4. The summed E-state index contributed by atoms with van der Waals surface area (Å²) < 4.78 is 25.0. The Bertz CT molecular complexity index is 698. The lowest BCUT2D eigenvalue weighted by molar-refractivity contribution is 0.102. The van der Waals surface area contributed by atoms with E-state index in [1.54, 1.807) is 5.38 Å². The first-order chi connectivity index (χ1) is 9.88. The molecule has 1 aromatic carbocycles. The predicted molar refractivity (Wildman–Crippen MR) is 82.9 cm³/mol. The molecule has 21 heavy (non-hydrogen) atoms. The van der Waals surface area contributed by atoms with Crippen molar-refractivity contribution >= 4 is 33.7 Å². The first-order valence-electron chi connectivity index (χ1n) is 6.28. The number of rotatable bonds is 4. The van der Waals surface area contributed by atoms with Gasteiger partial charge in [-0.3, -0.25) is 9.00 Å². The van der Waals surface area contributed by atoms with Gasteiger partial charge in [-0.05, 0) is 18.2 Å². The zero-order valence-electron chi connectivity index (χ0n) is 11.8. The fourth-order valence-electron chi connectivity index (χ4n) is 1.66. The average Bonchev–Trinajstić information content (AvgIpc) is 2.88. The predicted octanol–water partition coefficient (Wildman–Crippen LogP) is 3.40. The Kier molecular flexibility index (Phi) is 4.84. The Labute approximate surface area is 128 Å². The van der Waals surface area contributed by atoms with Crippen molar-refractivity contribution in [3.8, 4) is 0 Å². The largest absolute Gasteiger partial charge is 0.321 e. The minimum atomic E-state index is -1.40. The van der Waals surface area contributed by atoms with Crippen molar-refractivity contribution in [3.05, 3.63) is 40.1 Å². The van der Waals surface area contributed by atoms with E-state index in [1.807, 2.05) is 13.8 Å². The van der Waals surface area contributed by atoms with Crippen LogP contribution < -0.4 is 5.32 Å². The fourth-order valence-corrected chi connectivity index (χ4v) is 3.07. The molecule has 7 heteroatoms. The summed E-state index contributed by atoms with van der Waals surface area (Å²) in [6.07, 6.45) is 1.40. The van der Waals surface area contributed by atoms with Gasteiger partial charge in [0, 0.05) is 23.2 Å². The van der Waals surface area contributed by atoms with Crippen molar-refractivity contribution in [1.29, 1.82) is 0 Å². The van der Waals surface area contributed by atoms with Crippen LogP contribution in [0.15, 0.2) is 28.5 Å². The third-order valence-electron chi connectivity index (χ3n) is 2.75. The molecule has 1 atom stereocenters. The number of thiazole rings is 1. The minimum absolute atomic E-state index is 0.115. The molecular formula is C14H15FN2O2S2. The van der Waals surface area contributed by atoms with Gasteiger partial charge in [-0.2, -0.15) is 0 Å². The lowest BCUT2D eigenvalue weighted by Crippen LogP contribution is -2.13. The van der Waals surface area contributed by atoms with Crippen LogP contribution >= 0.6 is 11.3 Å². The van der Waals surface area contributed by atoms with Gasteiger partial charge in [0.15, 0.2) is 0 Å². The highest BCUT2D eigenvalue weighted by Crippen LogP contribution is 2.21. The van der Waals surface area contributed by atoms with E-state index >= 15 is 0 Å². The van der Waals surface area contributed by atoms with Gasteiger partial charge in [-0.1, -0.05) is 13.8 Å². The second-order valence-corrected chi connectivity index (χ2v) is 7.02. The van der Waals surface area contributed by atoms with E-state index in [0.717, 1.165) is 11.1 Å². The molecule has 1 aromatic heterocycles. The summed E-state index contributed by atoms with van der Waals surface area (Å²) >= 11 is 1.42. The molecule has 0 bridgehead atoms. The number of aromatic nitrogens is 1. The summed E-state index contributed by atoms with van der Waals surface area (Å²) in [5, 5.41) is 5.14. The molecule has 112 valence electrons. The van der Waals surface area contributed by atoms with Crippen LogP contribution in [0, 0.1) is 5.82 Å². The second-order valence-electron chi connectivity index (χ2n) is 4.78. The summed E-state index contributed by atoms with van der Waals surface area (Å²) in [5.41, 5.74) is 0.623. The molecule has 0 saturated carbocycles. The highest BCUT2D eigenvalue weighted by Gasteiger charge is 2.14. The molecule has 4 nitrogen and oxygen atoms in total. The maximum absolute atomic E-state index is 13.7. The molecule has 1 N–H and O–H groups in total. The maximum atomic E-state index is 13.7. The monoisotopic (exact) mass is 326 g/mol. The Hall–Kier alpha value is -1.60. The third kappa shape index (κ3) is 3.74. The lowest BCUT2D eigenvalue weighted by Gasteiger charge is -2.05. The van der Waals surface area contributed by atoms with Crippen molar-refractivity contribution in [2.45, 2.75) is 24.7 Å². The quantitative estimate of drug-likeness (QED) is 0.937. The second kappa shape index (κ2) is 6.44. The van der Waals surface area contributed by atoms with Crippen LogP contribution in [-0.4, -0.2) is 21.4 Å². The number of hydrogen-bond donors (Lipinski definition) is 1. The lowest BCUT2D eigenvalue weighted by atomic mass is 10.2. The van der Waals surface area contributed by atoms with Crippen molar-refractivity contribution in [2.24, 2.45) is 0 Å². The van der Waals surface area contributed by atoms with Gasteiger partial charge in [0.1, 0.15) is 11.5 Å². The molecule has 1 amide bonds. The van der Waals surface area contributed by atoms with Crippen LogP contribution in [-0.2, 0) is 10.8 Å². The smallest absolute Gasteiger partial charge is 0.275 e. The van der Waals surface area contributed by atoms with E-state index in [1.165, 1.54) is 29.7 Å². The minimum Gasteiger partial charge on any atom is -0.321 e. The van der Waals surface area contributed by atoms with E-state index in [0.29, 0.717) is 11.4 Å². The van der Waals surface area contributed by atoms with Gasteiger partial charge >= 0.3 is 0 Å². The summed E-state index contributed by atoms with van der Waals surface area (Å²) in [5.74, 6) is -0.731. The molecule has 0 unspecified atom stereocenters. The third-order valence-corrected chi connectivity index (χ3v) is 4.84. The average molecular weight is 326 g/mol. The summed E-state index contributed by atoms with van der Waals surface area (Å²) in [4.78, 5) is 16.4. The van der Waals surface area contributed by atoms with Crippen molar-refractivity contribution < 1.29 is 13.4 Å². The first kappa shape index (κ1) is 15.8. The van der Waals surface area contributed by atoms with Crippen LogP contribution in [0.5, 0.6) is 0 Å². The highest BCUT2D eigenvalue weighted by atomic mass is 32.2. The molecule has 2 rings (SSSR count). The number of anilines is 1. The zero-order chi connectivity index (χ0) is 15.6. The molecule has 0 aliphatic carbocycles. The molecule has 0 aliphatic rings. The Balaban J connectivity index is 2.15. The zero-order valence-corrected chi connectivity index (χ0v) is 13.5. The van der Waals surface area contributed by atoms with Gasteiger partial charge in [0.25, 0.3) is 5.91 Å². The van der Waals surface area contributed by atoms with E-state index in [2.05, 4.69) is 10.3 Å². The van der Waals surface area contributed by atoms with Crippen LogP contribution in [0.4, 0.5) is 10.1 Å². The van der Waals surface area contributed by atoms with Crippen molar-refractivity contribution in [1.82, 2.24) is 4.98 Å². The molecule has 1 heterocycles. The number of carbonyl (C=O) groups is 1. The van der Waals surface area contributed by atoms with Gasteiger partial charge < -0.3 is 5.32 Å². The SMILES string of the molecule is CC(C)c1nc(C(=O)Nc2ccc([S@@](C)=O)c(F)c2)cs1. The highest BCUT2D eigenvalue weighted by molar-refractivity contribution is 7.84. The summed E-state index contributed by atoms with van der Waals surface area (Å²) in [6, 6.07) is 4.08. The molecule has 0 fully saturated rings. The fraction of sp³-hybridized carbons (Fsp3) is 0.286. The van der Waals surface area contributed by atoms with E-state index < -0.39 is 16.6 Å². The number of amides is 1. The topological polar surface area (TPSA) is 59.1 Å². The van der Waals surface area contributed by atoms with Crippen LogP contribution in [0.25, 0.3) is 0 Å². The van der Waals surface area contributed by atoms with Crippen molar-refractivity contribution in [2.75, 3.05) is 11.6 Å². The number of carbonyl (C=O) groups excluding carboxylic acids is 1. The number of nitrogens with zero attached hydrogens (tertiary/aromatic N) is 1. The molecule has 0 aliphatic heterocycles. The van der Waals surface area contributed by atoms with Crippen LogP contribution in [0.2, 0.25) is 0 Å². The Morgan fingerprint density at radius 2 is 2.14 bits per heavy atom. The van der Waals surface area contributed by atoms with Crippen LogP contribution in [0.1, 0.15) is 35.3 Å². The number of hydrogen-bond acceptors (Lipinski definition) is 4. The standard InChI is InChI=1S/C14H15FN2O2S2/c1-8(2)14-17-11(7-20-14)13(18)16-9-4-5-12(21(3)19)10(15)6-9/h4-8H,1-3H3,(H,16,18)/t21-/m1/s1. The van der Waals surface area contributed by atoms with Gasteiger partial charge in [0.05, 0.1) is 20.7 Å². The van der Waals surface area contributed by atoms with E-state index in [4.69, 9.17) is 0 Å². The first-order valence-corrected chi connectivity index (χ1v) is 8.72. The molecular weight excluding hydrogens is 311 g/mol. The van der Waals surface area contributed by atoms with Gasteiger partial charge in [-0.25, -0.2) is 9.37 Å². The molecule has 0 saturated heterocycles. The van der Waals surface area contributed by atoms with Gasteiger partial charge in [-0.15, -0.1) is 11.3 Å².